The first-order chi connectivity index (χ1) is 9.46. The van der Waals surface area contributed by atoms with E-state index in [2.05, 4.69) is 21.2 Å². The van der Waals surface area contributed by atoms with Gasteiger partial charge in [0.15, 0.2) is 0 Å². The molecule has 2 rings (SSSR count). The molecule has 1 aromatic heterocycles. The minimum absolute atomic E-state index is 0.191. The maximum atomic E-state index is 12.6. The Labute approximate surface area is 131 Å². The number of hydrogen-bond acceptors (Lipinski definition) is 4. The van der Waals surface area contributed by atoms with Crippen molar-refractivity contribution in [2.45, 2.75) is 36.4 Å². The van der Waals surface area contributed by atoms with Crippen LogP contribution in [-0.4, -0.2) is 37.8 Å². The van der Waals surface area contributed by atoms with Gasteiger partial charge in [-0.1, -0.05) is 6.92 Å². The smallest absolute Gasteiger partial charge is 0.253 e. The van der Waals surface area contributed by atoms with Gasteiger partial charge in [-0.3, -0.25) is 4.79 Å². The van der Waals surface area contributed by atoms with Gasteiger partial charge in [0.05, 0.1) is 3.79 Å². The molecule has 0 saturated carbocycles. The Hall–Kier alpha value is -0.440. The summed E-state index contributed by atoms with van der Waals surface area (Å²) in [6.45, 7) is 2.95. The third kappa shape index (κ3) is 3.24. The molecular formula is C12H17BrN2O3S2. The molecule has 0 radical (unpaired) electrons. The van der Waals surface area contributed by atoms with Crippen molar-refractivity contribution in [3.05, 3.63) is 15.9 Å². The second kappa shape index (κ2) is 6.55. The van der Waals surface area contributed by atoms with Gasteiger partial charge in [-0.2, -0.15) is 4.31 Å². The largest absolute Gasteiger partial charge is 0.355 e. The first kappa shape index (κ1) is 15.9. The molecule has 1 N–H and O–H groups in total. The van der Waals surface area contributed by atoms with Crippen LogP contribution < -0.4 is 5.32 Å². The fourth-order valence-corrected chi connectivity index (χ4v) is 6.00. The third-order valence-electron chi connectivity index (χ3n) is 3.17. The lowest BCUT2D eigenvalue weighted by molar-refractivity contribution is -0.124. The van der Waals surface area contributed by atoms with Gasteiger partial charge >= 0.3 is 0 Å². The zero-order valence-electron chi connectivity index (χ0n) is 11.1. The Bertz CT molecular complexity index is 585. The molecular weight excluding hydrogens is 364 g/mol. The van der Waals surface area contributed by atoms with E-state index >= 15 is 0 Å². The number of hydrogen-bond donors (Lipinski definition) is 1. The molecule has 1 amide bonds. The molecule has 1 aliphatic heterocycles. The molecule has 5 nitrogen and oxygen atoms in total. The molecule has 0 aromatic carbocycles. The Morgan fingerprint density at radius 2 is 2.30 bits per heavy atom. The highest BCUT2D eigenvalue weighted by Crippen LogP contribution is 2.32. The molecule has 1 atom stereocenters. The Balaban J connectivity index is 2.20. The van der Waals surface area contributed by atoms with E-state index in [9.17, 15) is 13.2 Å². The van der Waals surface area contributed by atoms with Crippen LogP contribution in [0.15, 0.2) is 20.1 Å². The van der Waals surface area contributed by atoms with Crippen LogP contribution in [0, 0.1) is 0 Å². The van der Waals surface area contributed by atoms with Gasteiger partial charge in [0.2, 0.25) is 5.91 Å². The van der Waals surface area contributed by atoms with Gasteiger partial charge in [0.25, 0.3) is 10.0 Å². The molecule has 0 unspecified atom stereocenters. The second-order valence-corrected chi connectivity index (χ2v) is 9.20. The normalized spacial score (nSPS) is 20.2. The molecule has 8 heteroatoms. The maximum Gasteiger partial charge on any atom is 0.253 e. The highest BCUT2D eigenvalue weighted by Gasteiger charge is 2.39. The van der Waals surface area contributed by atoms with E-state index in [0.717, 1.165) is 16.6 Å². The summed E-state index contributed by atoms with van der Waals surface area (Å²) < 4.78 is 27.5. The van der Waals surface area contributed by atoms with E-state index in [1.54, 1.807) is 12.1 Å². The van der Waals surface area contributed by atoms with Crippen molar-refractivity contribution >= 4 is 43.2 Å². The SMILES string of the molecule is CCCNC(=O)[C@H]1CCCN1S(=O)(=O)c1ccc(Br)s1. The van der Waals surface area contributed by atoms with Crippen molar-refractivity contribution in [3.63, 3.8) is 0 Å². The quantitative estimate of drug-likeness (QED) is 0.850. The zero-order valence-corrected chi connectivity index (χ0v) is 14.4. The molecule has 1 fully saturated rings. The lowest BCUT2D eigenvalue weighted by Gasteiger charge is -2.22. The first-order valence-electron chi connectivity index (χ1n) is 6.51. The lowest BCUT2D eigenvalue weighted by Crippen LogP contribution is -2.45. The highest BCUT2D eigenvalue weighted by atomic mass is 79.9. The van der Waals surface area contributed by atoms with E-state index in [0.29, 0.717) is 19.5 Å². The number of nitrogens with zero attached hydrogens (tertiary/aromatic N) is 1. The van der Waals surface area contributed by atoms with Gasteiger partial charge < -0.3 is 5.32 Å². The van der Waals surface area contributed by atoms with Crippen LogP contribution >= 0.6 is 27.3 Å². The standard InChI is InChI=1S/C12H17BrN2O3S2/c1-2-7-14-12(16)9-4-3-8-15(9)20(17,18)11-6-5-10(13)19-11/h5-6,9H,2-4,7-8H2,1H3,(H,14,16)/t9-/m1/s1. The minimum atomic E-state index is -3.58. The average Bonchev–Trinajstić information content (AvgIpc) is 3.04. The molecule has 1 saturated heterocycles. The summed E-state index contributed by atoms with van der Waals surface area (Å²) in [5, 5.41) is 2.78. The van der Waals surface area contributed by atoms with Gasteiger partial charge in [-0.05, 0) is 47.3 Å². The fraction of sp³-hybridized carbons (Fsp3) is 0.583. The number of rotatable bonds is 5. The molecule has 1 aliphatic rings. The molecule has 0 spiro atoms. The second-order valence-electron chi connectivity index (χ2n) is 4.62. The molecule has 0 bridgehead atoms. The minimum Gasteiger partial charge on any atom is -0.355 e. The van der Waals surface area contributed by atoms with E-state index in [1.165, 1.54) is 15.6 Å². The summed E-state index contributed by atoms with van der Waals surface area (Å²) >= 11 is 4.44. The fourth-order valence-electron chi connectivity index (χ4n) is 2.21. The zero-order chi connectivity index (χ0) is 14.8. The van der Waals surface area contributed by atoms with Crippen LogP contribution in [0.5, 0.6) is 0 Å². The van der Waals surface area contributed by atoms with Crippen LogP contribution in [0.3, 0.4) is 0 Å². The van der Waals surface area contributed by atoms with E-state index in [1.807, 2.05) is 6.92 Å². The van der Waals surface area contributed by atoms with Crippen molar-refractivity contribution in [2.75, 3.05) is 13.1 Å². The molecule has 20 heavy (non-hydrogen) atoms. The molecule has 2 heterocycles. The first-order valence-corrected chi connectivity index (χ1v) is 9.56. The number of nitrogens with one attached hydrogen (secondary N) is 1. The summed E-state index contributed by atoms with van der Waals surface area (Å²) in [6.07, 6.45) is 2.14. The lowest BCUT2D eigenvalue weighted by atomic mass is 10.2. The van der Waals surface area contributed by atoms with Crippen molar-refractivity contribution in [2.24, 2.45) is 0 Å². The number of carbonyl (C=O) groups excluding carboxylic acids is 1. The number of thiophene rings is 1. The number of halogens is 1. The summed E-state index contributed by atoms with van der Waals surface area (Å²) in [4.78, 5) is 12.1. The van der Waals surface area contributed by atoms with Gasteiger partial charge in [-0.15, -0.1) is 11.3 Å². The predicted octanol–water partition coefficient (Wildman–Crippen LogP) is 2.19. The van der Waals surface area contributed by atoms with Crippen molar-refractivity contribution < 1.29 is 13.2 Å². The van der Waals surface area contributed by atoms with Crippen LogP contribution in [-0.2, 0) is 14.8 Å². The van der Waals surface area contributed by atoms with Crippen LogP contribution in [0.2, 0.25) is 0 Å². The van der Waals surface area contributed by atoms with Crippen molar-refractivity contribution in [1.29, 1.82) is 0 Å². The summed E-state index contributed by atoms with van der Waals surface area (Å²) in [7, 11) is -3.58. The molecule has 0 aliphatic carbocycles. The Morgan fingerprint density at radius 3 is 2.90 bits per heavy atom. The number of carbonyl (C=O) groups is 1. The van der Waals surface area contributed by atoms with E-state index in [-0.39, 0.29) is 10.1 Å². The summed E-state index contributed by atoms with van der Waals surface area (Å²) in [5.74, 6) is -0.191. The van der Waals surface area contributed by atoms with Crippen LogP contribution in [0.4, 0.5) is 0 Å². The number of sulfonamides is 1. The van der Waals surface area contributed by atoms with Gasteiger partial charge in [0.1, 0.15) is 10.3 Å². The topological polar surface area (TPSA) is 66.5 Å². The molecule has 112 valence electrons. The monoisotopic (exact) mass is 380 g/mol. The average molecular weight is 381 g/mol. The van der Waals surface area contributed by atoms with Gasteiger partial charge in [-0.25, -0.2) is 8.42 Å². The Kier molecular flexibility index (Phi) is 5.22. The molecule has 1 aromatic rings. The summed E-state index contributed by atoms with van der Waals surface area (Å²) in [5.41, 5.74) is 0. The predicted molar refractivity (Wildman–Crippen MR) is 82.2 cm³/mol. The van der Waals surface area contributed by atoms with Crippen molar-refractivity contribution in [3.8, 4) is 0 Å². The van der Waals surface area contributed by atoms with Crippen LogP contribution in [0.1, 0.15) is 26.2 Å². The van der Waals surface area contributed by atoms with Crippen LogP contribution in [0.25, 0.3) is 0 Å². The third-order valence-corrected chi connectivity index (χ3v) is 7.17. The highest BCUT2D eigenvalue weighted by molar-refractivity contribution is 9.11. The number of amides is 1. The van der Waals surface area contributed by atoms with E-state index < -0.39 is 16.1 Å². The van der Waals surface area contributed by atoms with E-state index in [4.69, 9.17) is 0 Å². The Morgan fingerprint density at radius 1 is 1.55 bits per heavy atom. The van der Waals surface area contributed by atoms with Gasteiger partial charge in [0, 0.05) is 13.1 Å². The summed E-state index contributed by atoms with van der Waals surface area (Å²) in [6, 6.07) is 2.70. The van der Waals surface area contributed by atoms with Crippen molar-refractivity contribution in [1.82, 2.24) is 9.62 Å². The maximum absolute atomic E-state index is 12.6.